The smallest absolute Gasteiger partial charge is 0.0621 e. The Balaban J connectivity index is 2.19. The molecule has 16 heavy (non-hydrogen) atoms. The van der Waals surface area contributed by atoms with Crippen LogP contribution >= 0.6 is 0 Å². The lowest BCUT2D eigenvalue weighted by molar-refractivity contribution is 0.710. The molecule has 1 N–H and O–H groups in total. The Morgan fingerprint density at radius 2 is 2.19 bits per heavy atom. The third kappa shape index (κ3) is 2.05. The van der Waals surface area contributed by atoms with Crippen molar-refractivity contribution in [3.05, 3.63) is 35.9 Å². The summed E-state index contributed by atoms with van der Waals surface area (Å²) < 4.78 is 0. The normalized spacial score (nSPS) is 16.2. The van der Waals surface area contributed by atoms with Gasteiger partial charge in [-0.1, -0.05) is 0 Å². The number of aromatic nitrogens is 1. The monoisotopic (exact) mass is 216 g/mol. The van der Waals surface area contributed by atoms with Gasteiger partial charge in [0.15, 0.2) is 0 Å². The zero-order chi connectivity index (χ0) is 11.4. The lowest BCUT2D eigenvalue weighted by Gasteiger charge is -2.31. The highest BCUT2D eigenvalue weighted by Gasteiger charge is 2.17. The largest absolute Gasteiger partial charge is 0.388 e. The molecule has 0 radical (unpaired) electrons. The van der Waals surface area contributed by atoms with Crippen molar-refractivity contribution < 1.29 is 0 Å². The van der Waals surface area contributed by atoms with E-state index in [-0.39, 0.29) is 0 Å². The summed E-state index contributed by atoms with van der Waals surface area (Å²) in [6.07, 6.45) is 4.57. The lowest BCUT2D eigenvalue weighted by atomic mass is 10.1. The Kier molecular flexibility index (Phi) is 3.19. The average molecular weight is 216 g/mol. The summed E-state index contributed by atoms with van der Waals surface area (Å²) in [5.41, 5.74) is 3.43. The highest BCUT2D eigenvalue weighted by molar-refractivity contribution is 5.48. The molecule has 0 aliphatic carbocycles. The van der Waals surface area contributed by atoms with Crippen LogP contribution in [0, 0.1) is 0 Å². The van der Waals surface area contributed by atoms with Crippen LogP contribution in [0.4, 0.5) is 5.69 Å². The average Bonchev–Trinajstić information content (AvgIpc) is 2.39. The molecule has 0 unspecified atom stereocenters. The fourth-order valence-electron chi connectivity index (χ4n) is 1.93. The summed E-state index contributed by atoms with van der Waals surface area (Å²) in [5.74, 6) is 0. The summed E-state index contributed by atoms with van der Waals surface area (Å²) in [6.45, 7) is 5.44. The second kappa shape index (κ2) is 4.79. The van der Waals surface area contributed by atoms with Crippen LogP contribution in [0.5, 0.6) is 0 Å². The van der Waals surface area contributed by atoms with E-state index in [1.807, 2.05) is 31.6 Å². The first-order valence-electron chi connectivity index (χ1n) is 5.36. The third-order valence-electron chi connectivity index (χ3n) is 2.84. The Morgan fingerprint density at radius 3 is 2.81 bits per heavy atom. The van der Waals surface area contributed by atoms with Crippen LogP contribution in [-0.4, -0.2) is 31.8 Å². The van der Waals surface area contributed by atoms with Crippen molar-refractivity contribution in [3.63, 3.8) is 0 Å². The molecule has 1 aromatic heterocycles. The Morgan fingerprint density at radius 1 is 1.44 bits per heavy atom. The summed E-state index contributed by atoms with van der Waals surface area (Å²) in [4.78, 5) is 10.4. The molecule has 84 valence electrons. The zero-order valence-corrected chi connectivity index (χ0v) is 9.48. The number of hydrogen-bond donors (Lipinski definition) is 1. The molecule has 1 aliphatic rings. The molecule has 2 heterocycles. The van der Waals surface area contributed by atoms with Gasteiger partial charge in [0.1, 0.15) is 0 Å². The predicted molar refractivity (Wildman–Crippen MR) is 66.7 cm³/mol. The molecular formula is C12H16N4. The van der Waals surface area contributed by atoms with Gasteiger partial charge in [-0.15, -0.1) is 0 Å². The van der Waals surface area contributed by atoms with Gasteiger partial charge in [0.25, 0.3) is 0 Å². The van der Waals surface area contributed by atoms with E-state index in [1.54, 1.807) is 0 Å². The van der Waals surface area contributed by atoms with Crippen LogP contribution in [0.15, 0.2) is 40.9 Å². The van der Waals surface area contributed by atoms with Crippen LogP contribution in [-0.2, 0) is 0 Å². The van der Waals surface area contributed by atoms with Crippen LogP contribution < -0.4 is 10.2 Å². The molecule has 0 fully saturated rings. The van der Waals surface area contributed by atoms with Gasteiger partial charge in [0, 0.05) is 38.1 Å². The maximum Gasteiger partial charge on any atom is 0.0621 e. The zero-order valence-electron chi connectivity index (χ0n) is 9.48. The molecule has 0 atom stereocenters. The van der Waals surface area contributed by atoms with Gasteiger partial charge in [-0.05, 0) is 18.9 Å². The van der Waals surface area contributed by atoms with Gasteiger partial charge in [0.05, 0.1) is 17.9 Å². The topological polar surface area (TPSA) is 40.5 Å². The van der Waals surface area contributed by atoms with Gasteiger partial charge < -0.3 is 10.2 Å². The van der Waals surface area contributed by atoms with Crippen molar-refractivity contribution in [1.29, 1.82) is 0 Å². The highest BCUT2D eigenvalue weighted by atomic mass is 15.2. The van der Waals surface area contributed by atoms with E-state index >= 15 is 0 Å². The summed E-state index contributed by atoms with van der Waals surface area (Å²) >= 11 is 0. The minimum atomic E-state index is 0.856. The van der Waals surface area contributed by atoms with Crippen molar-refractivity contribution in [2.75, 3.05) is 25.0 Å². The first kappa shape index (κ1) is 10.7. The van der Waals surface area contributed by atoms with Crippen molar-refractivity contribution in [2.45, 2.75) is 6.42 Å². The van der Waals surface area contributed by atoms with Crippen LogP contribution in [0.25, 0.3) is 0 Å². The lowest BCUT2D eigenvalue weighted by Crippen LogP contribution is -2.35. The molecule has 4 nitrogen and oxygen atoms in total. The standard InChI is InChI=1S/C12H16N4/c1-13-11-5-8-16(9-12(11)14-2)10-3-6-15-7-4-10/h3-4,6-7,14H,1,5,8-9H2,2H3. The van der Waals surface area contributed by atoms with Crippen LogP contribution in [0.2, 0.25) is 0 Å². The number of rotatable bonds is 3. The first-order chi connectivity index (χ1) is 7.85. The van der Waals surface area contributed by atoms with E-state index in [0.717, 1.165) is 30.9 Å². The van der Waals surface area contributed by atoms with Gasteiger partial charge in [-0.3, -0.25) is 9.98 Å². The summed E-state index contributed by atoms with van der Waals surface area (Å²) in [6, 6.07) is 4.05. The van der Waals surface area contributed by atoms with Crippen molar-refractivity contribution in [2.24, 2.45) is 4.99 Å². The minimum absolute atomic E-state index is 0.856. The van der Waals surface area contributed by atoms with Crippen LogP contribution in [0.1, 0.15) is 6.42 Å². The summed E-state index contributed by atoms with van der Waals surface area (Å²) in [5, 5.41) is 3.19. The van der Waals surface area contributed by atoms with E-state index in [4.69, 9.17) is 0 Å². The number of hydrogen-bond acceptors (Lipinski definition) is 4. The molecular weight excluding hydrogens is 200 g/mol. The maximum atomic E-state index is 4.06. The number of aliphatic imine (C=N–C) groups is 1. The molecule has 0 aromatic carbocycles. The fraction of sp³-hybridized carbons (Fsp3) is 0.333. The van der Waals surface area contributed by atoms with Crippen LogP contribution in [0.3, 0.4) is 0 Å². The van der Waals surface area contributed by atoms with E-state index in [2.05, 4.69) is 26.9 Å². The molecule has 1 aliphatic heterocycles. The highest BCUT2D eigenvalue weighted by Crippen LogP contribution is 2.22. The predicted octanol–water partition coefficient (Wildman–Crippen LogP) is 1.42. The van der Waals surface area contributed by atoms with Crippen molar-refractivity contribution in [1.82, 2.24) is 10.3 Å². The number of nitrogens with one attached hydrogen (secondary N) is 1. The molecule has 0 saturated carbocycles. The van der Waals surface area contributed by atoms with Crippen molar-refractivity contribution in [3.8, 4) is 0 Å². The molecule has 0 spiro atoms. The number of pyridine rings is 1. The first-order valence-corrected chi connectivity index (χ1v) is 5.36. The quantitative estimate of drug-likeness (QED) is 0.777. The molecule has 2 rings (SSSR count). The van der Waals surface area contributed by atoms with E-state index in [1.165, 1.54) is 5.69 Å². The molecule has 1 aromatic rings. The number of nitrogens with zero attached hydrogens (tertiary/aromatic N) is 3. The number of likely N-dealkylation sites (N-methyl/N-ethyl adjacent to an activating group) is 1. The molecule has 0 amide bonds. The Bertz CT molecular complexity index is 397. The minimum Gasteiger partial charge on any atom is -0.388 e. The second-order valence-corrected chi connectivity index (χ2v) is 3.71. The Labute approximate surface area is 95.7 Å². The van der Waals surface area contributed by atoms with E-state index < -0.39 is 0 Å². The molecule has 0 bridgehead atoms. The van der Waals surface area contributed by atoms with Gasteiger partial charge in [0.2, 0.25) is 0 Å². The van der Waals surface area contributed by atoms with Crippen molar-refractivity contribution >= 4 is 12.4 Å². The fourth-order valence-corrected chi connectivity index (χ4v) is 1.93. The molecule has 4 heteroatoms. The van der Waals surface area contributed by atoms with Gasteiger partial charge >= 0.3 is 0 Å². The number of anilines is 1. The van der Waals surface area contributed by atoms with E-state index in [9.17, 15) is 0 Å². The third-order valence-corrected chi connectivity index (χ3v) is 2.84. The SMILES string of the molecule is C=NC1=C(NC)CN(c2ccncc2)CC1. The van der Waals surface area contributed by atoms with Gasteiger partial charge in [-0.25, -0.2) is 0 Å². The van der Waals surface area contributed by atoms with Gasteiger partial charge in [-0.2, -0.15) is 0 Å². The second-order valence-electron chi connectivity index (χ2n) is 3.71. The Hall–Kier alpha value is -1.84. The maximum absolute atomic E-state index is 4.06. The molecule has 0 saturated heterocycles. The summed E-state index contributed by atoms with van der Waals surface area (Å²) in [7, 11) is 1.93. The van der Waals surface area contributed by atoms with E-state index in [0.29, 0.717) is 0 Å².